The van der Waals surface area contributed by atoms with E-state index < -0.39 is 10.0 Å². The summed E-state index contributed by atoms with van der Waals surface area (Å²) >= 11 is 5.97. The second kappa shape index (κ2) is 5.69. The van der Waals surface area contributed by atoms with E-state index in [-0.39, 0.29) is 41.3 Å². The van der Waals surface area contributed by atoms with Crippen molar-refractivity contribution < 1.29 is 18.3 Å². The molecular formula is C12H15ClN2O4S. The molecule has 1 atom stereocenters. The van der Waals surface area contributed by atoms with Crippen LogP contribution < -0.4 is 10.0 Å². The molecule has 8 heteroatoms. The molecule has 0 spiro atoms. The summed E-state index contributed by atoms with van der Waals surface area (Å²) in [6.07, 6.45) is 0.141. The Morgan fingerprint density at radius 2 is 2.20 bits per heavy atom. The minimum Gasteiger partial charge on any atom is -0.396 e. The molecule has 1 aliphatic rings. The molecule has 3 N–H and O–H groups in total. The van der Waals surface area contributed by atoms with Gasteiger partial charge < -0.3 is 10.4 Å². The molecule has 0 aromatic heterocycles. The Bertz CT molecular complexity index is 645. The second-order valence-corrected chi connectivity index (χ2v) is 6.95. The van der Waals surface area contributed by atoms with Crippen LogP contribution in [0.15, 0.2) is 17.0 Å². The summed E-state index contributed by atoms with van der Waals surface area (Å²) in [4.78, 5) is 11.2. The molecule has 1 aliphatic heterocycles. The first kappa shape index (κ1) is 15.2. The van der Waals surface area contributed by atoms with E-state index in [9.17, 15) is 13.2 Å². The van der Waals surface area contributed by atoms with Gasteiger partial charge in [-0.05, 0) is 23.6 Å². The molecule has 0 bridgehead atoms. The number of sulfonamides is 1. The molecule has 1 heterocycles. The number of rotatable bonds is 5. The van der Waals surface area contributed by atoms with Crippen LogP contribution in [0, 0.1) is 5.92 Å². The Hall–Kier alpha value is -1.15. The molecule has 110 valence electrons. The van der Waals surface area contributed by atoms with Gasteiger partial charge in [0.15, 0.2) is 0 Å². The van der Waals surface area contributed by atoms with Crippen LogP contribution in [0.25, 0.3) is 0 Å². The Kier molecular flexibility index (Phi) is 4.33. The number of fused-ring (bicyclic) bond motifs is 1. The number of aliphatic hydroxyl groups is 1. The molecule has 1 amide bonds. The van der Waals surface area contributed by atoms with Gasteiger partial charge in [0, 0.05) is 18.8 Å². The van der Waals surface area contributed by atoms with Gasteiger partial charge in [-0.3, -0.25) is 4.79 Å². The van der Waals surface area contributed by atoms with Crippen molar-refractivity contribution in [2.24, 2.45) is 5.92 Å². The van der Waals surface area contributed by atoms with Gasteiger partial charge in [0.05, 0.1) is 11.4 Å². The Morgan fingerprint density at radius 1 is 1.50 bits per heavy atom. The smallest absolute Gasteiger partial charge is 0.242 e. The van der Waals surface area contributed by atoms with Crippen molar-refractivity contribution in [2.45, 2.75) is 18.2 Å². The van der Waals surface area contributed by atoms with Gasteiger partial charge in [-0.2, -0.15) is 0 Å². The van der Waals surface area contributed by atoms with Crippen molar-refractivity contribution in [3.8, 4) is 0 Å². The van der Waals surface area contributed by atoms with Gasteiger partial charge in [0.1, 0.15) is 4.90 Å². The fourth-order valence-electron chi connectivity index (χ4n) is 1.83. The van der Waals surface area contributed by atoms with E-state index in [4.69, 9.17) is 16.7 Å². The lowest BCUT2D eigenvalue weighted by molar-refractivity contribution is -0.115. The summed E-state index contributed by atoms with van der Waals surface area (Å²) in [6.45, 7) is 1.72. The van der Waals surface area contributed by atoms with E-state index in [1.165, 1.54) is 12.1 Å². The number of benzene rings is 1. The van der Waals surface area contributed by atoms with Gasteiger partial charge in [-0.25, -0.2) is 13.1 Å². The van der Waals surface area contributed by atoms with Gasteiger partial charge in [0.25, 0.3) is 0 Å². The maximum Gasteiger partial charge on any atom is 0.242 e. The number of carbonyl (C=O) groups excluding carboxylic acids is 1. The quantitative estimate of drug-likeness (QED) is 0.746. The third kappa shape index (κ3) is 3.12. The summed E-state index contributed by atoms with van der Waals surface area (Å²) in [5.74, 6) is -0.381. The van der Waals surface area contributed by atoms with E-state index in [0.717, 1.165) is 0 Å². The van der Waals surface area contributed by atoms with E-state index in [1.807, 2.05) is 0 Å². The standard InChI is InChI=1S/C12H15ClN2O4S/c1-7(6-16)5-14-20(18,19)11-2-8-3-12(17)15-10(8)4-9(11)13/h2,4,7,14,16H,3,5-6H2,1H3,(H,15,17). The van der Waals surface area contributed by atoms with Crippen molar-refractivity contribution in [3.05, 3.63) is 22.7 Å². The first-order chi connectivity index (χ1) is 9.33. The lowest BCUT2D eigenvalue weighted by atomic mass is 10.2. The molecule has 20 heavy (non-hydrogen) atoms. The topological polar surface area (TPSA) is 95.5 Å². The van der Waals surface area contributed by atoms with Crippen molar-refractivity contribution in [2.75, 3.05) is 18.5 Å². The summed E-state index contributed by atoms with van der Waals surface area (Å²) in [5.41, 5.74) is 1.15. The minimum absolute atomic E-state index is 0.0510. The number of nitrogens with one attached hydrogen (secondary N) is 2. The Morgan fingerprint density at radius 3 is 2.85 bits per heavy atom. The van der Waals surface area contributed by atoms with Crippen LogP contribution in [0.1, 0.15) is 12.5 Å². The number of hydrogen-bond donors (Lipinski definition) is 3. The van der Waals surface area contributed by atoms with Crippen LogP contribution in [0.2, 0.25) is 5.02 Å². The molecule has 0 fully saturated rings. The van der Waals surface area contributed by atoms with Crippen molar-refractivity contribution in [3.63, 3.8) is 0 Å². The molecule has 1 unspecified atom stereocenters. The second-order valence-electron chi connectivity index (χ2n) is 4.80. The summed E-state index contributed by atoms with van der Waals surface area (Å²) < 4.78 is 26.7. The highest BCUT2D eigenvalue weighted by atomic mass is 35.5. The third-order valence-corrected chi connectivity index (χ3v) is 4.89. The molecule has 2 rings (SSSR count). The highest BCUT2D eigenvalue weighted by Gasteiger charge is 2.25. The van der Waals surface area contributed by atoms with Gasteiger partial charge in [-0.15, -0.1) is 0 Å². The molecule has 1 aromatic carbocycles. The molecule has 6 nitrogen and oxygen atoms in total. The molecular weight excluding hydrogens is 304 g/mol. The lowest BCUT2D eigenvalue weighted by Gasteiger charge is -2.12. The fraction of sp³-hybridized carbons (Fsp3) is 0.417. The molecule has 0 saturated heterocycles. The number of aliphatic hydroxyl groups excluding tert-OH is 1. The van der Waals surface area contributed by atoms with Crippen LogP contribution in [-0.2, 0) is 21.2 Å². The summed E-state index contributed by atoms with van der Waals surface area (Å²) in [6, 6.07) is 2.84. The third-order valence-electron chi connectivity index (χ3n) is 3.01. The monoisotopic (exact) mass is 318 g/mol. The normalized spacial score (nSPS) is 15.8. The van der Waals surface area contributed by atoms with E-state index in [2.05, 4.69) is 10.0 Å². The summed E-state index contributed by atoms with van der Waals surface area (Å²) in [5, 5.41) is 11.6. The van der Waals surface area contributed by atoms with Crippen molar-refractivity contribution in [1.82, 2.24) is 4.72 Å². The molecule has 0 radical (unpaired) electrons. The SMILES string of the molecule is CC(CO)CNS(=O)(=O)c1cc2c(cc1Cl)NC(=O)C2. The zero-order valence-corrected chi connectivity index (χ0v) is 12.4. The van der Waals surface area contributed by atoms with Crippen LogP contribution >= 0.6 is 11.6 Å². The van der Waals surface area contributed by atoms with Gasteiger partial charge >= 0.3 is 0 Å². The van der Waals surface area contributed by atoms with Crippen LogP contribution in [0.4, 0.5) is 5.69 Å². The zero-order chi connectivity index (χ0) is 14.9. The minimum atomic E-state index is -3.77. The number of carbonyl (C=O) groups is 1. The summed E-state index contributed by atoms with van der Waals surface area (Å²) in [7, 11) is -3.77. The average molecular weight is 319 g/mol. The largest absolute Gasteiger partial charge is 0.396 e. The maximum atomic E-state index is 12.2. The van der Waals surface area contributed by atoms with Gasteiger partial charge in [0.2, 0.25) is 15.9 Å². The zero-order valence-electron chi connectivity index (χ0n) is 10.8. The maximum absolute atomic E-state index is 12.2. The first-order valence-corrected chi connectivity index (χ1v) is 7.92. The Balaban J connectivity index is 2.29. The highest BCUT2D eigenvalue weighted by molar-refractivity contribution is 7.89. The van der Waals surface area contributed by atoms with E-state index >= 15 is 0 Å². The van der Waals surface area contributed by atoms with E-state index in [1.54, 1.807) is 6.92 Å². The average Bonchev–Trinajstić information content (AvgIpc) is 2.74. The van der Waals surface area contributed by atoms with Crippen LogP contribution in [-0.4, -0.2) is 32.6 Å². The van der Waals surface area contributed by atoms with Crippen LogP contribution in [0.5, 0.6) is 0 Å². The highest BCUT2D eigenvalue weighted by Crippen LogP contribution is 2.32. The van der Waals surface area contributed by atoms with Crippen LogP contribution in [0.3, 0.4) is 0 Å². The fourth-order valence-corrected chi connectivity index (χ4v) is 3.57. The van der Waals surface area contributed by atoms with Gasteiger partial charge in [-0.1, -0.05) is 18.5 Å². The van der Waals surface area contributed by atoms with E-state index in [0.29, 0.717) is 11.3 Å². The Labute approximate surface area is 122 Å². The predicted molar refractivity (Wildman–Crippen MR) is 75.2 cm³/mol. The molecule has 0 aliphatic carbocycles. The lowest BCUT2D eigenvalue weighted by Crippen LogP contribution is -2.30. The van der Waals surface area contributed by atoms with Crippen molar-refractivity contribution in [1.29, 1.82) is 0 Å². The molecule has 1 aromatic rings. The number of anilines is 1. The number of halogens is 1. The van der Waals surface area contributed by atoms with Crippen molar-refractivity contribution >= 4 is 33.2 Å². The first-order valence-electron chi connectivity index (χ1n) is 6.06. The predicted octanol–water partition coefficient (Wildman–Crippen LogP) is 0.741. The number of amides is 1. The molecule has 0 saturated carbocycles. The number of hydrogen-bond acceptors (Lipinski definition) is 4.